The number of aliphatic hydroxyl groups excluding tert-OH is 5. The molecule has 0 bridgehead atoms. The second kappa shape index (κ2) is 8.56. The minimum Gasteiger partial charge on any atom is -0.394 e. The van der Waals surface area contributed by atoms with E-state index in [4.69, 9.17) is 10.8 Å². The van der Waals surface area contributed by atoms with E-state index < -0.39 is 49.4 Å². The van der Waals surface area contributed by atoms with Gasteiger partial charge in [-0.15, -0.1) is 0 Å². The molecular formula is C14H20N2O7. The molecule has 9 heteroatoms. The monoisotopic (exact) mass is 328 g/mol. The molecule has 0 radical (unpaired) electrons. The fourth-order valence-corrected chi connectivity index (χ4v) is 1.80. The molecule has 1 rings (SSSR count). The van der Waals surface area contributed by atoms with Gasteiger partial charge in [0.05, 0.1) is 12.7 Å². The van der Waals surface area contributed by atoms with Crippen LogP contribution in [0.2, 0.25) is 0 Å². The molecule has 0 saturated heterocycles. The third kappa shape index (κ3) is 5.27. The van der Waals surface area contributed by atoms with Gasteiger partial charge < -0.3 is 36.6 Å². The third-order valence-corrected chi connectivity index (χ3v) is 3.21. The lowest BCUT2D eigenvalue weighted by Crippen LogP contribution is -2.49. The molecule has 0 aliphatic carbocycles. The number of rotatable bonds is 8. The quantitative estimate of drug-likeness (QED) is 0.265. The normalized spacial score (nSPS) is 16.2. The summed E-state index contributed by atoms with van der Waals surface area (Å²) < 4.78 is 0. The van der Waals surface area contributed by atoms with Gasteiger partial charge in [0.2, 0.25) is 5.91 Å². The average molecular weight is 328 g/mol. The smallest absolute Gasteiger partial charge is 0.251 e. The zero-order chi connectivity index (χ0) is 17.6. The Morgan fingerprint density at radius 3 is 2.17 bits per heavy atom. The molecule has 1 aromatic rings. The highest BCUT2D eigenvalue weighted by molar-refractivity contribution is 5.99. The van der Waals surface area contributed by atoms with E-state index in [1.165, 1.54) is 24.3 Å². The van der Waals surface area contributed by atoms with Crippen molar-refractivity contribution < 1.29 is 35.1 Å². The number of aliphatic hydroxyl groups is 5. The molecule has 128 valence electrons. The van der Waals surface area contributed by atoms with Crippen LogP contribution in [0.3, 0.4) is 0 Å². The van der Waals surface area contributed by atoms with Gasteiger partial charge in [-0.3, -0.25) is 9.59 Å². The number of nitrogens with two attached hydrogens (primary N) is 1. The van der Waals surface area contributed by atoms with Crippen molar-refractivity contribution in [3.63, 3.8) is 0 Å². The minimum absolute atomic E-state index is 0.124. The Hall–Kier alpha value is -2.04. The van der Waals surface area contributed by atoms with Crippen LogP contribution in [0.4, 0.5) is 0 Å². The van der Waals surface area contributed by atoms with Gasteiger partial charge in [0.1, 0.15) is 18.3 Å². The van der Waals surface area contributed by atoms with E-state index in [1.807, 2.05) is 0 Å². The van der Waals surface area contributed by atoms with Crippen LogP contribution in [0.15, 0.2) is 24.3 Å². The summed E-state index contributed by atoms with van der Waals surface area (Å²) in [5, 5.41) is 48.9. The Balaban J connectivity index is 2.62. The number of amides is 2. The van der Waals surface area contributed by atoms with E-state index in [2.05, 4.69) is 5.32 Å². The van der Waals surface area contributed by atoms with Crippen LogP contribution in [-0.2, 0) is 0 Å². The maximum absolute atomic E-state index is 11.9. The van der Waals surface area contributed by atoms with Gasteiger partial charge in [-0.1, -0.05) is 6.07 Å². The van der Waals surface area contributed by atoms with E-state index in [0.717, 1.165) is 0 Å². The van der Waals surface area contributed by atoms with Crippen molar-refractivity contribution >= 4 is 11.8 Å². The lowest BCUT2D eigenvalue weighted by atomic mass is 10.0. The van der Waals surface area contributed by atoms with Crippen molar-refractivity contribution in [3.8, 4) is 0 Å². The van der Waals surface area contributed by atoms with E-state index in [1.54, 1.807) is 0 Å². The van der Waals surface area contributed by atoms with Gasteiger partial charge in [0.15, 0.2) is 0 Å². The Morgan fingerprint density at radius 1 is 1.04 bits per heavy atom. The Bertz CT molecular complexity index is 552. The molecule has 0 aliphatic rings. The molecule has 8 N–H and O–H groups in total. The SMILES string of the molecule is NC(=O)c1cccc(C(=O)NCC(O)C(O)C(O)C(O)CO)c1. The molecule has 0 aromatic heterocycles. The number of hydrogen-bond donors (Lipinski definition) is 7. The van der Waals surface area contributed by atoms with E-state index in [-0.39, 0.29) is 11.1 Å². The van der Waals surface area contributed by atoms with Gasteiger partial charge >= 0.3 is 0 Å². The van der Waals surface area contributed by atoms with E-state index in [9.17, 15) is 30.0 Å². The number of primary amides is 1. The maximum atomic E-state index is 11.9. The number of carbonyl (C=O) groups excluding carboxylic acids is 2. The van der Waals surface area contributed by atoms with Crippen molar-refractivity contribution in [3.05, 3.63) is 35.4 Å². The topological polar surface area (TPSA) is 173 Å². The number of carbonyl (C=O) groups is 2. The molecular weight excluding hydrogens is 308 g/mol. The van der Waals surface area contributed by atoms with Crippen LogP contribution >= 0.6 is 0 Å². The molecule has 4 atom stereocenters. The maximum Gasteiger partial charge on any atom is 0.251 e. The standard InChI is InChI=1S/C14H20N2O7/c15-13(22)7-2-1-3-8(4-7)14(23)16-5-9(18)11(20)12(21)10(19)6-17/h1-4,9-12,17-21H,5-6H2,(H2,15,22)(H,16,23). The lowest BCUT2D eigenvalue weighted by molar-refractivity contribution is -0.113. The fraction of sp³-hybridized carbons (Fsp3) is 0.429. The third-order valence-electron chi connectivity index (χ3n) is 3.21. The van der Waals surface area contributed by atoms with Crippen molar-refractivity contribution in [2.75, 3.05) is 13.2 Å². The summed E-state index contributed by atoms with van der Waals surface area (Å²) >= 11 is 0. The minimum atomic E-state index is -1.77. The molecule has 9 nitrogen and oxygen atoms in total. The number of benzene rings is 1. The summed E-state index contributed by atoms with van der Waals surface area (Å²) in [6, 6.07) is 5.59. The summed E-state index contributed by atoms with van der Waals surface area (Å²) in [7, 11) is 0. The van der Waals surface area contributed by atoms with Crippen molar-refractivity contribution in [2.45, 2.75) is 24.4 Å². The first-order chi connectivity index (χ1) is 10.8. The van der Waals surface area contributed by atoms with Crippen LogP contribution in [0.1, 0.15) is 20.7 Å². The van der Waals surface area contributed by atoms with Crippen LogP contribution in [0.5, 0.6) is 0 Å². The second-order valence-corrected chi connectivity index (χ2v) is 4.95. The Morgan fingerprint density at radius 2 is 1.61 bits per heavy atom. The van der Waals surface area contributed by atoms with Gasteiger partial charge in [-0.05, 0) is 18.2 Å². The van der Waals surface area contributed by atoms with Crippen molar-refractivity contribution in [1.82, 2.24) is 5.32 Å². The van der Waals surface area contributed by atoms with Gasteiger partial charge in [-0.2, -0.15) is 0 Å². The predicted octanol–water partition coefficient (Wildman–Crippen LogP) is -3.05. The molecule has 0 heterocycles. The van der Waals surface area contributed by atoms with Gasteiger partial charge in [-0.25, -0.2) is 0 Å². The summed E-state index contributed by atoms with van der Waals surface area (Å²) in [6.07, 6.45) is -6.74. The first kappa shape index (κ1) is 19.0. The zero-order valence-corrected chi connectivity index (χ0v) is 12.2. The van der Waals surface area contributed by atoms with Crippen molar-refractivity contribution in [2.24, 2.45) is 5.73 Å². The molecule has 0 aliphatic heterocycles. The highest BCUT2D eigenvalue weighted by Crippen LogP contribution is 2.07. The average Bonchev–Trinajstić information content (AvgIpc) is 2.57. The van der Waals surface area contributed by atoms with Gasteiger partial charge in [0, 0.05) is 17.7 Å². The highest BCUT2D eigenvalue weighted by atomic mass is 16.4. The van der Waals surface area contributed by atoms with Crippen LogP contribution < -0.4 is 11.1 Å². The largest absolute Gasteiger partial charge is 0.394 e. The molecule has 2 amide bonds. The first-order valence-electron chi connectivity index (χ1n) is 6.79. The van der Waals surface area contributed by atoms with E-state index in [0.29, 0.717) is 0 Å². The first-order valence-corrected chi connectivity index (χ1v) is 6.79. The summed E-state index contributed by atoms with van der Waals surface area (Å²) in [5.41, 5.74) is 5.37. The summed E-state index contributed by atoms with van der Waals surface area (Å²) in [4.78, 5) is 22.9. The molecule has 1 aromatic carbocycles. The summed E-state index contributed by atoms with van der Waals surface area (Å²) in [5.74, 6) is -1.33. The zero-order valence-electron chi connectivity index (χ0n) is 12.2. The molecule has 0 spiro atoms. The fourth-order valence-electron chi connectivity index (χ4n) is 1.80. The van der Waals surface area contributed by atoms with E-state index >= 15 is 0 Å². The van der Waals surface area contributed by atoms with Crippen LogP contribution in [-0.4, -0.2) is 74.9 Å². The molecule has 4 unspecified atom stereocenters. The van der Waals surface area contributed by atoms with Crippen LogP contribution in [0, 0.1) is 0 Å². The summed E-state index contributed by atoms with van der Waals surface area (Å²) in [6.45, 7) is -1.22. The predicted molar refractivity (Wildman–Crippen MR) is 78.4 cm³/mol. The second-order valence-electron chi connectivity index (χ2n) is 4.95. The van der Waals surface area contributed by atoms with Crippen molar-refractivity contribution in [1.29, 1.82) is 0 Å². The highest BCUT2D eigenvalue weighted by Gasteiger charge is 2.30. The molecule has 0 fully saturated rings. The lowest BCUT2D eigenvalue weighted by Gasteiger charge is -2.25. The Labute approximate surface area is 132 Å². The molecule has 0 saturated carbocycles. The van der Waals surface area contributed by atoms with Crippen LogP contribution in [0.25, 0.3) is 0 Å². The number of hydrogen-bond acceptors (Lipinski definition) is 7. The Kier molecular flexibility index (Phi) is 7.07. The van der Waals surface area contributed by atoms with Gasteiger partial charge in [0.25, 0.3) is 5.91 Å². The number of nitrogens with one attached hydrogen (secondary N) is 1. The molecule has 23 heavy (non-hydrogen) atoms.